The molecule has 0 saturated carbocycles. The van der Waals surface area contributed by atoms with Crippen LogP contribution in [0, 0.1) is 13.8 Å². The minimum absolute atomic E-state index is 0.0562. The van der Waals surface area contributed by atoms with Crippen molar-refractivity contribution in [2.45, 2.75) is 20.3 Å². The summed E-state index contributed by atoms with van der Waals surface area (Å²) in [6, 6.07) is 18.5. The van der Waals surface area contributed by atoms with Gasteiger partial charge in [0.05, 0.1) is 37.9 Å². The first-order valence-corrected chi connectivity index (χ1v) is 17.9. The number of phenols is 2. The van der Waals surface area contributed by atoms with Gasteiger partial charge < -0.3 is 28.5 Å². The van der Waals surface area contributed by atoms with Crippen LogP contribution in [-0.4, -0.2) is 57.3 Å². The number of benzene rings is 4. The zero-order valence-corrected chi connectivity index (χ0v) is 30.5. The van der Waals surface area contributed by atoms with Crippen LogP contribution in [0.2, 0.25) is 0 Å². The summed E-state index contributed by atoms with van der Waals surface area (Å²) in [6.07, 6.45) is 7.43. The molecule has 0 aliphatic rings. The fraction of sp³-hybridized carbons (Fsp3) is 0.128. The lowest BCUT2D eigenvalue weighted by Crippen LogP contribution is -1.92. The lowest BCUT2D eigenvalue weighted by molar-refractivity contribution is 0.373. The van der Waals surface area contributed by atoms with Crippen molar-refractivity contribution in [3.05, 3.63) is 107 Å². The maximum absolute atomic E-state index is 9.92. The van der Waals surface area contributed by atoms with Gasteiger partial charge in [-0.15, -0.1) is 20.4 Å². The van der Waals surface area contributed by atoms with Crippen LogP contribution in [0.4, 0.5) is 10.3 Å². The summed E-state index contributed by atoms with van der Waals surface area (Å²) in [6.45, 7) is 4.04. The van der Waals surface area contributed by atoms with E-state index < -0.39 is 0 Å². The lowest BCUT2D eigenvalue weighted by atomic mass is 9.97. The van der Waals surface area contributed by atoms with E-state index in [4.69, 9.17) is 18.3 Å². The Morgan fingerprint density at radius 1 is 0.642 bits per heavy atom. The smallest absolute Gasteiger partial charge is 0.231 e. The Balaban J connectivity index is 1.11. The Hall–Kier alpha value is -6.38. The van der Waals surface area contributed by atoms with Crippen molar-refractivity contribution in [1.82, 2.24) is 20.4 Å². The quantitative estimate of drug-likeness (QED) is 0.129. The Morgan fingerprint density at radius 2 is 1.09 bits per heavy atom. The van der Waals surface area contributed by atoms with Gasteiger partial charge in [0.15, 0.2) is 33.0 Å². The fourth-order valence-corrected chi connectivity index (χ4v) is 7.36. The molecule has 4 aromatic carbocycles. The van der Waals surface area contributed by atoms with Crippen LogP contribution in [0.5, 0.6) is 23.0 Å². The predicted molar refractivity (Wildman–Crippen MR) is 206 cm³/mol. The first kappa shape index (κ1) is 33.7. The molecule has 0 unspecified atom stereocenters. The molecule has 0 fully saturated rings. The van der Waals surface area contributed by atoms with E-state index in [-0.39, 0.29) is 11.5 Å². The maximum atomic E-state index is 9.92. The fourth-order valence-electron chi connectivity index (χ4n) is 5.96. The molecule has 2 N–H and O–H groups in total. The number of aryl methyl sites for hydroxylation is 2. The van der Waals surface area contributed by atoms with Crippen LogP contribution in [-0.2, 0) is 6.42 Å². The molecular weight excluding hydrogens is 713 g/mol. The molecule has 4 heterocycles. The van der Waals surface area contributed by atoms with E-state index in [1.54, 1.807) is 61.4 Å². The molecule has 264 valence electrons. The van der Waals surface area contributed by atoms with E-state index in [0.29, 0.717) is 38.2 Å². The Bertz CT molecular complexity index is 2520. The zero-order chi connectivity index (χ0) is 36.6. The van der Waals surface area contributed by atoms with Crippen molar-refractivity contribution < 1.29 is 28.5 Å². The number of rotatable bonds is 10. The van der Waals surface area contributed by atoms with Crippen LogP contribution >= 0.6 is 22.7 Å². The van der Waals surface area contributed by atoms with E-state index in [2.05, 4.69) is 54.6 Å². The summed E-state index contributed by atoms with van der Waals surface area (Å²) in [5.74, 6) is 0.833. The van der Waals surface area contributed by atoms with Crippen molar-refractivity contribution in [1.29, 1.82) is 0 Å². The van der Waals surface area contributed by atoms with E-state index in [9.17, 15) is 10.2 Å². The average molecular weight is 743 g/mol. The molecule has 14 heteroatoms. The predicted octanol–water partition coefficient (Wildman–Crippen LogP) is 9.35. The van der Waals surface area contributed by atoms with Gasteiger partial charge in [-0.1, -0.05) is 22.7 Å². The lowest BCUT2D eigenvalue weighted by Gasteiger charge is -2.08. The maximum Gasteiger partial charge on any atom is 0.231 e. The first-order valence-electron chi connectivity index (χ1n) is 16.3. The summed E-state index contributed by atoms with van der Waals surface area (Å²) in [5.41, 5.74) is 8.77. The van der Waals surface area contributed by atoms with E-state index in [0.717, 1.165) is 66.4 Å². The number of hydrogen-bond donors (Lipinski definition) is 2. The Labute approximate surface area is 310 Å². The Kier molecular flexibility index (Phi) is 8.90. The molecule has 8 aromatic rings. The summed E-state index contributed by atoms with van der Waals surface area (Å²) >= 11 is 2.71. The number of furan rings is 2. The summed E-state index contributed by atoms with van der Waals surface area (Å²) < 4.78 is 22.5. The first-order chi connectivity index (χ1) is 25.8. The topological polar surface area (TPSA) is 161 Å². The van der Waals surface area contributed by atoms with Gasteiger partial charge in [-0.3, -0.25) is 0 Å². The number of hydrogen-bond acceptors (Lipinski definition) is 14. The molecule has 0 atom stereocenters. The number of phenolic OH excluding ortho intramolecular Hbond substituents is 2. The van der Waals surface area contributed by atoms with Gasteiger partial charge in [-0.05, 0) is 114 Å². The third kappa shape index (κ3) is 6.72. The molecule has 0 amide bonds. The van der Waals surface area contributed by atoms with Crippen LogP contribution < -0.4 is 9.47 Å². The molecule has 0 aliphatic heterocycles. The highest BCUT2D eigenvalue weighted by Crippen LogP contribution is 2.40. The third-order valence-electron chi connectivity index (χ3n) is 8.61. The van der Waals surface area contributed by atoms with Gasteiger partial charge in [0, 0.05) is 23.2 Å². The number of aliphatic imine (C=N–C) groups is 2. The monoisotopic (exact) mass is 742 g/mol. The molecule has 0 spiro atoms. The van der Waals surface area contributed by atoms with Crippen molar-refractivity contribution in [2.75, 3.05) is 14.2 Å². The van der Waals surface area contributed by atoms with Crippen molar-refractivity contribution in [3.63, 3.8) is 0 Å². The highest BCUT2D eigenvalue weighted by Gasteiger charge is 2.19. The van der Waals surface area contributed by atoms with Crippen molar-refractivity contribution >= 4 is 67.3 Å². The van der Waals surface area contributed by atoms with Gasteiger partial charge in [-0.25, -0.2) is 9.98 Å². The Morgan fingerprint density at radius 3 is 1.53 bits per heavy atom. The number of nitrogens with zero attached hydrogens (tertiary/aromatic N) is 6. The minimum atomic E-state index is 0.0562. The van der Waals surface area contributed by atoms with Crippen molar-refractivity contribution in [3.8, 4) is 44.1 Å². The highest BCUT2D eigenvalue weighted by atomic mass is 32.1. The molecule has 0 radical (unpaired) electrons. The second kappa shape index (κ2) is 14.0. The molecule has 4 aromatic heterocycles. The number of ether oxygens (including phenoxy) is 2. The number of fused-ring (bicyclic) bond motifs is 2. The molecule has 0 saturated heterocycles. The van der Waals surface area contributed by atoms with E-state index in [1.807, 2.05) is 13.8 Å². The van der Waals surface area contributed by atoms with Gasteiger partial charge in [-0.2, -0.15) is 0 Å². The minimum Gasteiger partial charge on any atom is -0.504 e. The zero-order valence-electron chi connectivity index (χ0n) is 28.8. The van der Waals surface area contributed by atoms with Crippen LogP contribution in [0.3, 0.4) is 0 Å². The second-order valence-corrected chi connectivity index (χ2v) is 14.1. The van der Waals surface area contributed by atoms with E-state index >= 15 is 0 Å². The summed E-state index contributed by atoms with van der Waals surface area (Å²) in [4.78, 5) is 9.05. The van der Waals surface area contributed by atoms with Gasteiger partial charge in [0.2, 0.25) is 10.3 Å². The molecule has 53 heavy (non-hydrogen) atoms. The average Bonchev–Trinajstić information content (AvgIpc) is 3.99. The largest absolute Gasteiger partial charge is 0.504 e. The van der Waals surface area contributed by atoms with Gasteiger partial charge >= 0.3 is 0 Å². The third-order valence-corrected chi connectivity index (χ3v) is 10.3. The SMILES string of the molecule is COc1cc(/C=N/c2nnc(-c3cc(Cc4cc(-c5nnc(/N=C/c6ccc(O)c(OC)c6)s5)c5occ(C)c5c4)cc4c(C)coc34)s2)ccc1O. The van der Waals surface area contributed by atoms with Crippen LogP contribution in [0.1, 0.15) is 33.4 Å². The summed E-state index contributed by atoms with van der Waals surface area (Å²) in [5, 5.41) is 41.7. The number of aromatic hydroxyl groups is 2. The highest BCUT2D eigenvalue weighted by molar-refractivity contribution is 7.18. The normalized spacial score (nSPS) is 11.8. The molecule has 8 rings (SSSR count). The second-order valence-electron chi connectivity index (χ2n) is 12.2. The molecule has 12 nitrogen and oxygen atoms in total. The molecule has 0 aliphatic carbocycles. The van der Waals surface area contributed by atoms with Gasteiger partial charge in [0.1, 0.15) is 11.2 Å². The molecular formula is C39H30N6O6S2. The standard InChI is InChI=1S/C39H30N6O6S2/c1-20-18-50-34-26(20)10-24(12-28(34)36-42-44-38(52-36)40-16-22-5-7-30(46)32(14-22)48-3)9-25-11-27-21(2)19-51-35(27)29(13-25)37-43-45-39(53-37)41-17-23-6-8-31(47)33(15-23)49-4/h5-8,10-19,46-47H,9H2,1-4H3/b40-16+,41-17+. The summed E-state index contributed by atoms with van der Waals surface area (Å²) in [7, 11) is 3.00. The van der Waals surface area contributed by atoms with Crippen molar-refractivity contribution in [2.24, 2.45) is 9.98 Å². The van der Waals surface area contributed by atoms with Gasteiger partial charge in [0.25, 0.3) is 0 Å². The number of aromatic nitrogens is 4. The molecule has 0 bridgehead atoms. The van der Waals surface area contributed by atoms with E-state index in [1.165, 1.54) is 36.9 Å². The number of methoxy groups -OCH3 is 2. The van der Waals surface area contributed by atoms with Crippen LogP contribution in [0.15, 0.2) is 92.0 Å². The van der Waals surface area contributed by atoms with Crippen LogP contribution in [0.25, 0.3) is 43.1 Å².